The van der Waals surface area contributed by atoms with E-state index in [1.54, 1.807) is 0 Å². The van der Waals surface area contributed by atoms with E-state index >= 15 is 0 Å². The van der Waals surface area contributed by atoms with E-state index in [4.69, 9.17) is 0 Å². The van der Waals surface area contributed by atoms with E-state index in [0.717, 1.165) is 11.4 Å². The van der Waals surface area contributed by atoms with Gasteiger partial charge < -0.3 is 9.47 Å². The standard InChI is InChI=1S/C21H18N2/c1-22-16-21(19-14-8-9-15-20(19)22)23(17-10-4-2-5-11-17)18-12-6-3-7-13-18/h2-16H,1H3. The van der Waals surface area contributed by atoms with E-state index < -0.39 is 0 Å². The van der Waals surface area contributed by atoms with Gasteiger partial charge in [0.1, 0.15) is 0 Å². The molecule has 0 fully saturated rings. The van der Waals surface area contributed by atoms with Crippen molar-refractivity contribution < 1.29 is 0 Å². The first-order valence-corrected chi connectivity index (χ1v) is 7.79. The van der Waals surface area contributed by atoms with Crippen LogP contribution in [0.4, 0.5) is 17.1 Å². The molecule has 23 heavy (non-hydrogen) atoms. The number of anilines is 3. The van der Waals surface area contributed by atoms with E-state index in [-0.39, 0.29) is 0 Å². The van der Waals surface area contributed by atoms with E-state index in [9.17, 15) is 0 Å². The zero-order valence-corrected chi connectivity index (χ0v) is 13.1. The lowest BCUT2D eigenvalue weighted by Gasteiger charge is -2.24. The van der Waals surface area contributed by atoms with E-state index in [2.05, 4.69) is 108 Å². The average Bonchev–Trinajstić information content (AvgIpc) is 2.94. The molecule has 0 unspecified atom stereocenters. The van der Waals surface area contributed by atoms with Gasteiger partial charge in [0.15, 0.2) is 0 Å². The molecule has 1 aromatic heterocycles. The van der Waals surface area contributed by atoms with Gasteiger partial charge in [-0.15, -0.1) is 0 Å². The predicted molar refractivity (Wildman–Crippen MR) is 97.6 cm³/mol. The fourth-order valence-corrected chi connectivity index (χ4v) is 3.08. The highest BCUT2D eigenvalue weighted by molar-refractivity contribution is 5.98. The Balaban J connectivity index is 1.98. The second-order valence-electron chi connectivity index (χ2n) is 5.65. The van der Waals surface area contributed by atoms with Crippen molar-refractivity contribution in [2.75, 3.05) is 4.90 Å². The molecule has 0 amide bonds. The van der Waals surface area contributed by atoms with Crippen LogP contribution >= 0.6 is 0 Å². The van der Waals surface area contributed by atoms with Gasteiger partial charge in [0.05, 0.1) is 5.69 Å². The third-order valence-electron chi connectivity index (χ3n) is 4.15. The summed E-state index contributed by atoms with van der Waals surface area (Å²) in [6.45, 7) is 0. The van der Waals surface area contributed by atoms with Crippen LogP contribution in [0.5, 0.6) is 0 Å². The summed E-state index contributed by atoms with van der Waals surface area (Å²) in [4.78, 5) is 2.31. The predicted octanol–water partition coefficient (Wildman–Crippen LogP) is 5.65. The maximum absolute atomic E-state index is 2.31. The molecule has 112 valence electrons. The largest absolute Gasteiger partial charge is 0.348 e. The topological polar surface area (TPSA) is 8.17 Å². The number of aromatic nitrogens is 1. The van der Waals surface area contributed by atoms with Crippen molar-refractivity contribution in [2.24, 2.45) is 7.05 Å². The molecule has 0 aliphatic heterocycles. The van der Waals surface area contributed by atoms with Gasteiger partial charge in [-0.05, 0) is 30.3 Å². The molecule has 0 spiro atoms. The zero-order chi connectivity index (χ0) is 15.6. The molecule has 0 N–H and O–H groups in total. The van der Waals surface area contributed by atoms with Crippen LogP contribution in [-0.2, 0) is 7.05 Å². The smallest absolute Gasteiger partial charge is 0.0717 e. The fourth-order valence-electron chi connectivity index (χ4n) is 3.08. The first-order chi connectivity index (χ1) is 11.3. The van der Waals surface area contributed by atoms with Gasteiger partial charge >= 0.3 is 0 Å². The van der Waals surface area contributed by atoms with E-state index in [1.807, 2.05) is 0 Å². The van der Waals surface area contributed by atoms with Crippen LogP contribution in [0.3, 0.4) is 0 Å². The monoisotopic (exact) mass is 298 g/mol. The first kappa shape index (κ1) is 13.6. The summed E-state index contributed by atoms with van der Waals surface area (Å²) < 4.78 is 2.18. The minimum absolute atomic E-state index is 1.16. The highest BCUT2D eigenvalue weighted by atomic mass is 15.2. The lowest BCUT2D eigenvalue weighted by atomic mass is 10.1. The molecule has 1 heterocycles. The van der Waals surface area contributed by atoms with Crippen molar-refractivity contribution >= 4 is 28.0 Å². The molecule has 0 aliphatic carbocycles. The van der Waals surface area contributed by atoms with Crippen LogP contribution in [0, 0.1) is 0 Å². The van der Waals surface area contributed by atoms with Gasteiger partial charge in [0.25, 0.3) is 0 Å². The minimum atomic E-state index is 1.16. The van der Waals surface area contributed by atoms with Gasteiger partial charge in [0, 0.05) is 35.5 Å². The number of para-hydroxylation sites is 3. The third-order valence-corrected chi connectivity index (χ3v) is 4.15. The van der Waals surface area contributed by atoms with Gasteiger partial charge in [-0.2, -0.15) is 0 Å². The molecule has 0 saturated carbocycles. The summed E-state index contributed by atoms with van der Waals surface area (Å²) in [6, 6.07) is 29.5. The fraction of sp³-hybridized carbons (Fsp3) is 0.0476. The summed E-state index contributed by atoms with van der Waals surface area (Å²) in [6.07, 6.45) is 2.20. The molecule has 0 aliphatic rings. The molecular formula is C21H18N2. The molecule has 0 radical (unpaired) electrons. The maximum Gasteiger partial charge on any atom is 0.0717 e. The van der Waals surface area contributed by atoms with E-state index in [0.29, 0.717) is 0 Å². The lowest BCUT2D eigenvalue weighted by Crippen LogP contribution is -2.09. The maximum atomic E-state index is 2.31. The second-order valence-corrected chi connectivity index (χ2v) is 5.65. The zero-order valence-electron chi connectivity index (χ0n) is 13.1. The molecule has 3 aromatic carbocycles. The summed E-state index contributed by atoms with van der Waals surface area (Å²) in [5.74, 6) is 0. The van der Waals surface area contributed by atoms with Crippen molar-refractivity contribution in [2.45, 2.75) is 0 Å². The number of rotatable bonds is 3. The van der Waals surface area contributed by atoms with Crippen molar-refractivity contribution in [3.8, 4) is 0 Å². The number of hydrogen-bond donors (Lipinski definition) is 0. The Morgan fingerprint density at radius 2 is 1.17 bits per heavy atom. The number of fused-ring (bicyclic) bond motifs is 1. The highest BCUT2D eigenvalue weighted by Gasteiger charge is 2.16. The van der Waals surface area contributed by atoms with Gasteiger partial charge in [-0.1, -0.05) is 54.6 Å². The highest BCUT2D eigenvalue weighted by Crippen LogP contribution is 2.39. The molecule has 2 heteroatoms. The molecule has 4 rings (SSSR count). The van der Waals surface area contributed by atoms with Crippen LogP contribution in [0.2, 0.25) is 0 Å². The first-order valence-electron chi connectivity index (χ1n) is 7.79. The van der Waals surface area contributed by atoms with Crippen molar-refractivity contribution in [1.82, 2.24) is 4.57 Å². The van der Waals surface area contributed by atoms with Crippen LogP contribution in [-0.4, -0.2) is 4.57 Å². The normalized spacial score (nSPS) is 10.8. The average molecular weight is 298 g/mol. The van der Waals surface area contributed by atoms with Crippen LogP contribution in [0.15, 0.2) is 91.1 Å². The van der Waals surface area contributed by atoms with Crippen LogP contribution in [0.25, 0.3) is 10.9 Å². The molecule has 2 nitrogen and oxygen atoms in total. The Hall–Kier alpha value is -3.00. The molecule has 0 atom stereocenters. The SMILES string of the molecule is Cn1cc(N(c2ccccc2)c2ccccc2)c2ccccc21. The summed E-state index contributed by atoms with van der Waals surface area (Å²) in [5, 5.41) is 1.25. The Bertz CT molecular complexity index is 884. The summed E-state index contributed by atoms with van der Waals surface area (Å²) >= 11 is 0. The summed E-state index contributed by atoms with van der Waals surface area (Å²) in [7, 11) is 2.10. The van der Waals surface area contributed by atoms with E-state index in [1.165, 1.54) is 16.6 Å². The number of aryl methyl sites for hydroxylation is 1. The Kier molecular flexibility index (Phi) is 3.35. The van der Waals surface area contributed by atoms with Crippen molar-refractivity contribution in [3.63, 3.8) is 0 Å². The molecule has 0 saturated heterocycles. The van der Waals surface area contributed by atoms with Crippen LogP contribution in [0.1, 0.15) is 0 Å². The van der Waals surface area contributed by atoms with Gasteiger partial charge in [-0.25, -0.2) is 0 Å². The number of nitrogens with zero attached hydrogens (tertiary/aromatic N) is 2. The van der Waals surface area contributed by atoms with Gasteiger partial charge in [-0.3, -0.25) is 0 Å². The second kappa shape index (κ2) is 5.65. The van der Waals surface area contributed by atoms with Crippen molar-refractivity contribution in [3.05, 3.63) is 91.1 Å². The van der Waals surface area contributed by atoms with Gasteiger partial charge in [0.2, 0.25) is 0 Å². The van der Waals surface area contributed by atoms with Crippen molar-refractivity contribution in [1.29, 1.82) is 0 Å². The molecule has 0 bridgehead atoms. The molecular weight excluding hydrogens is 280 g/mol. The molecule has 4 aromatic rings. The third kappa shape index (κ3) is 2.38. The Labute approximate surface area is 136 Å². The Morgan fingerprint density at radius 1 is 0.652 bits per heavy atom. The quantitative estimate of drug-likeness (QED) is 0.474. The minimum Gasteiger partial charge on any atom is -0.348 e. The number of benzene rings is 3. The summed E-state index contributed by atoms with van der Waals surface area (Å²) in [5.41, 5.74) is 4.75. The van der Waals surface area contributed by atoms with Crippen LogP contribution < -0.4 is 4.90 Å². The number of hydrogen-bond acceptors (Lipinski definition) is 1. The lowest BCUT2D eigenvalue weighted by molar-refractivity contribution is 0.967. The Morgan fingerprint density at radius 3 is 1.78 bits per heavy atom.